The molecule has 1 saturated carbocycles. The molecule has 1 fully saturated rings. The Kier molecular flexibility index (Phi) is 5.52. The van der Waals surface area contributed by atoms with Gasteiger partial charge in [0.25, 0.3) is 0 Å². The molecule has 2 aliphatic rings. The van der Waals surface area contributed by atoms with Crippen LogP contribution in [0.25, 0.3) is 0 Å². The van der Waals surface area contributed by atoms with Crippen LogP contribution in [0.4, 0.5) is 0 Å². The summed E-state index contributed by atoms with van der Waals surface area (Å²) in [6, 6.07) is 8.59. The highest BCUT2D eigenvalue weighted by Crippen LogP contribution is 2.46. The molecule has 6 heteroatoms. The number of aryl methyl sites for hydroxylation is 2. The quantitative estimate of drug-likeness (QED) is 0.592. The van der Waals surface area contributed by atoms with E-state index in [1.54, 1.807) is 0 Å². The maximum atomic E-state index is 6.48. The summed E-state index contributed by atoms with van der Waals surface area (Å²) in [6.45, 7) is 6.91. The van der Waals surface area contributed by atoms with Gasteiger partial charge < -0.3 is 19.9 Å². The van der Waals surface area contributed by atoms with E-state index in [1.165, 1.54) is 24.0 Å². The van der Waals surface area contributed by atoms with Crippen LogP contribution in [0.15, 0.2) is 33.8 Å². The van der Waals surface area contributed by atoms with Gasteiger partial charge >= 0.3 is 0 Å². The van der Waals surface area contributed by atoms with Crippen molar-refractivity contribution in [3.05, 3.63) is 46.8 Å². The van der Waals surface area contributed by atoms with Gasteiger partial charge in [-0.25, -0.2) is 0 Å². The minimum atomic E-state index is -0.0329. The van der Waals surface area contributed by atoms with Crippen LogP contribution < -0.4 is 15.4 Å². The first-order valence-electron chi connectivity index (χ1n) is 10.7. The molecule has 2 atom stereocenters. The number of hydrogen-bond acceptors (Lipinski definition) is 4. The minimum Gasteiger partial charge on any atom is -0.487 e. The fourth-order valence-electron chi connectivity index (χ4n) is 4.98. The standard InChI is InChI=1S/C23H32N4O2/c1-15(21-16(2)27-29-17(21)3)14-25-22(24-4)26-19-13-23(11-7-8-12-23)28-20-10-6-5-9-18(19)20/h5-6,9-10,15,19H,7-8,11-14H2,1-4H3,(H2,24,25,26). The van der Waals surface area contributed by atoms with E-state index < -0.39 is 0 Å². The van der Waals surface area contributed by atoms with Gasteiger partial charge in [-0.3, -0.25) is 4.99 Å². The second-order valence-electron chi connectivity index (χ2n) is 8.52. The van der Waals surface area contributed by atoms with Crippen LogP contribution in [0, 0.1) is 13.8 Å². The number of para-hydroxylation sites is 1. The Morgan fingerprint density at radius 1 is 1.28 bits per heavy atom. The van der Waals surface area contributed by atoms with Crippen LogP contribution in [0.3, 0.4) is 0 Å². The molecule has 1 spiro atoms. The Balaban J connectivity index is 1.46. The summed E-state index contributed by atoms with van der Waals surface area (Å²) in [5.41, 5.74) is 3.32. The molecule has 1 aliphatic carbocycles. The van der Waals surface area contributed by atoms with E-state index in [4.69, 9.17) is 9.26 Å². The molecule has 2 heterocycles. The van der Waals surface area contributed by atoms with E-state index in [0.717, 1.165) is 49.0 Å². The van der Waals surface area contributed by atoms with Crippen LogP contribution in [-0.2, 0) is 0 Å². The fourth-order valence-corrected chi connectivity index (χ4v) is 4.98. The molecule has 0 bridgehead atoms. The zero-order chi connectivity index (χ0) is 20.4. The second-order valence-corrected chi connectivity index (χ2v) is 8.52. The van der Waals surface area contributed by atoms with Gasteiger partial charge in [0.15, 0.2) is 5.96 Å². The summed E-state index contributed by atoms with van der Waals surface area (Å²) in [5.74, 6) is 3.00. The van der Waals surface area contributed by atoms with Crippen molar-refractivity contribution in [1.29, 1.82) is 0 Å². The number of benzene rings is 1. The molecule has 1 aromatic heterocycles. The zero-order valence-corrected chi connectivity index (χ0v) is 17.9. The molecule has 6 nitrogen and oxygen atoms in total. The number of rotatable bonds is 4. The van der Waals surface area contributed by atoms with E-state index in [-0.39, 0.29) is 17.6 Å². The average Bonchev–Trinajstić information content (AvgIpc) is 3.30. The molecule has 4 rings (SSSR count). The summed E-state index contributed by atoms with van der Waals surface area (Å²) < 4.78 is 11.8. The van der Waals surface area contributed by atoms with Gasteiger partial charge in [0.05, 0.1) is 11.7 Å². The zero-order valence-electron chi connectivity index (χ0n) is 17.9. The van der Waals surface area contributed by atoms with Crippen LogP contribution >= 0.6 is 0 Å². The third-order valence-corrected chi connectivity index (χ3v) is 6.40. The normalized spacial score (nSPS) is 21.5. The topological polar surface area (TPSA) is 71.7 Å². The lowest BCUT2D eigenvalue weighted by atomic mass is 9.86. The van der Waals surface area contributed by atoms with Crippen molar-refractivity contribution in [3.63, 3.8) is 0 Å². The summed E-state index contributed by atoms with van der Waals surface area (Å²) in [6.07, 6.45) is 5.74. The maximum absolute atomic E-state index is 6.48. The summed E-state index contributed by atoms with van der Waals surface area (Å²) in [4.78, 5) is 4.48. The molecule has 2 aromatic rings. The Hall–Kier alpha value is -2.50. The van der Waals surface area contributed by atoms with Crippen molar-refractivity contribution >= 4 is 5.96 Å². The fraction of sp³-hybridized carbons (Fsp3) is 0.565. The number of guanidine groups is 1. The van der Waals surface area contributed by atoms with Crippen molar-refractivity contribution in [2.24, 2.45) is 4.99 Å². The maximum Gasteiger partial charge on any atom is 0.191 e. The lowest BCUT2D eigenvalue weighted by Gasteiger charge is -2.40. The van der Waals surface area contributed by atoms with Gasteiger partial charge in [0, 0.05) is 37.1 Å². The SMILES string of the molecule is CN=C(NCC(C)c1c(C)noc1C)NC1CC2(CCCC2)Oc2ccccc21. The van der Waals surface area contributed by atoms with Gasteiger partial charge in [-0.05, 0) is 45.6 Å². The Labute approximate surface area is 173 Å². The molecule has 156 valence electrons. The average molecular weight is 397 g/mol. The Bertz CT molecular complexity index is 863. The number of aromatic nitrogens is 1. The van der Waals surface area contributed by atoms with E-state index in [0.29, 0.717) is 0 Å². The van der Waals surface area contributed by atoms with E-state index in [2.05, 4.69) is 52.0 Å². The molecule has 1 aliphatic heterocycles. The number of nitrogens with zero attached hydrogens (tertiary/aromatic N) is 2. The van der Waals surface area contributed by atoms with E-state index in [1.807, 2.05) is 20.9 Å². The van der Waals surface area contributed by atoms with Crippen molar-refractivity contribution in [2.45, 2.75) is 70.4 Å². The first kappa shape index (κ1) is 19.8. The molecule has 0 radical (unpaired) electrons. The second kappa shape index (κ2) is 8.09. The Morgan fingerprint density at radius 3 is 2.72 bits per heavy atom. The summed E-state index contributed by atoms with van der Waals surface area (Å²) in [7, 11) is 1.83. The predicted octanol–water partition coefficient (Wildman–Crippen LogP) is 4.40. The Morgan fingerprint density at radius 2 is 2.03 bits per heavy atom. The molecular formula is C23H32N4O2. The molecule has 1 aromatic carbocycles. The van der Waals surface area contributed by atoms with Gasteiger partial charge in [-0.15, -0.1) is 0 Å². The van der Waals surface area contributed by atoms with Crippen molar-refractivity contribution < 1.29 is 9.26 Å². The van der Waals surface area contributed by atoms with Crippen LogP contribution in [-0.4, -0.2) is 30.3 Å². The van der Waals surface area contributed by atoms with Crippen molar-refractivity contribution in [2.75, 3.05) is 13.6 Å². The number of ether oxygens (including phenoxy) is 1. The van der Waals surface area contributed by atoms with Crippen molar-refractivity contribution in [3.8, 4) is 5.75 Å². The third-order valence-electron chi connectivity index (χ3n) is 6.40. The van der Waals surface area contributed by atoms with Crippen LogP contribution in [0.2, 0.25) is 0 Å². The molecule has 2 unspecified atom stereocenters. The monoisotopic (exact) mass is 396 g/mol. The minimum absolute atomic E-state index is 0.0329. The molecule has 29 heavy (non-hydrogen) atoms. The van der Waals surface area contributed by atoms with Gasteiger partial charge in [-0.2, -0.15) is 0 Å². The van der Waals surface area contributed by atoms with Gasteiger partial charge in [0.2, 0.25) is 0 Å². The highest BCUT2D eigenvalue weighted by atomic mass is 16.5. The highest BCUT2D eigenvalue weighted by Gasteiger charge is 2.43. The first-order chi connectivity index (χ1) is 14.0. The smallest absolute Gasteiger partial charge is 0.191 e. The predicted molar refractivity (Wildman–Crippen MR) is 115 cm³/mol. The highest BCUT2D eigenvalue weighted by molar-refractivity contribution is 5.80. The number of fused-ring (bicyclic) bond motifs is 1. The van der Waals surface area contributed by atoms with Gasteiger partial charge in [-0.1, -0.05) is 30.3 Å². The molecule has 2 N–H and O–H groups in total. The largest absolute Gasteiger partial charge is 0.487 e. The summed E-state index contributed by atoms with van der Waals surface area (Å²) in [5, 5.41) is 11.2. The number of aliphatic imine (C=N–C) groups is 1. The molecule has 0 amide bonds. The molecule has 0 saturated heterocycles. The van der Waals surface area contributed by atoms with Crippen molar-refractivity contribution in [1.82, 2.24) is 15.8 Å². The molecular weight excluding hydrogens is 364 g/mol. The van der Waals surface area contributed by atoms with E-state index >= 15 is 0 Å². The van der Waals surface area contributed by atoms with Crippen LogP contribution in [0.5, 0.6) is 5.75 Å². The third kappa shape index (κ3) is 3.98. The first-order valence-corrected chi connectivity index (χ1v) is 10.7. The summed E-state index contributed by atoms with van der Waals surface area (Å²) >= 11 is 0. The number of nitrogens with one attached hydrogen (secondary N) is 2. The lowest BCUT2D eigenvalue weighted by Crippen LogP contribution is -2.47. The van der Waals surface area contributed by atoms with Crippen LogP contribution in [0.1, 0.15) is 73.6 Å². The van der Waals surface area contributed by atoms with Gasteiger partial charge in [0.1, 0.15) is 17.1 Å². The van der Waals surface area contributed by atoms with E-state index in [9.17, 15) is 0 Å². The number of hydrogen-bond donors (Lipinski definition) is 2. The lowest BCUT2D eigenvalue weighted by molar-refractivity contribution is 0.0396.